The van der Waals surface area contributed by atoms with Gasteiger partial charge in [-0.3, -0.25) is 15.0 Å². The van der Waals surface area contributed by atoms with Crippen LogP contribution >= 0.6 is 0 Å². The van der Waals surface area contributed by atoms with E-state index in [0.717, 1.165) is 11.3 Å². The molecule has 6 nitrogen and oxygen atoms in total. The summed E-state index contributed by atoms with van der Waals surface area (Å²) in [6.07, 6.45) is 3.68. The largest absolute Gasteiger partial charge is 0.467 e. The maximum absolute atomic E-state index is 12.4. The van der Waals surface area contributed by atoms with Crippen LogP contribution in [0.5, 0.6) is 0 Å². The van der Waals surface area contributed by atoms with Gasteiger partial charge in [-0.1, -0.05) is 30.3 Å². The molecule has 0 atom stereocenters. The SMILES string of the molecule is CN(Cc1ccco1)C(=O)CN1NC(c2ccccc2)=CCC1=O. The topological polar surface area (TPSA) is 65.8 Å². The molecule has 0 unspecified atom stereocenters. The number of hydrogen-bond acceptors (Lipinski definition) is 4. The number of amides is 2. The molecule has 1 aliphatic rings. The summed E-state index contributed by atoms with van der Waals surface area (Å²) in [6, 6.07) is 13.3. The molecule has 2 aromatic rings. The highest BCUT2D eigenvalue weighted by atomic mass is 16.3. The smallest absolute Gasteiger partial charge is 0.245 e. The summed E-state index contributed by atoms with van der Waals surface area (Å²) < 4.78 is 5.24. The van der Waals surface area contributed by atoms with Crippen molar-refractivity contribution in [1.29, 1.82) is 0 Å². The molecule has 2 amide bonds. The Kier molecular flexibility index (Phi) is 4.65. The van der Waals surface area contributed by atoms with E-state index in [-0.39, 0.29) is 24.8 Å². The van der Waals surface area contributed by atoms with Gasteiger partial charge >= 0.3 is 0 Å². The molecule has 1 aliphatic heterocycles. The molecule has 1 aromatic heterocycles. The van der Waals surface area contributed by atoms with Crippen LogP contribution in [0.1, 0.15) is 17.7 Å². The first-order valence-electron chi connectivity index (χ1n) is 7.72. The minimum atomic E-state index is -0.165. The van der Waals surface area contributed by atoms with Gasteiger partial charge in [-0.2, -0.15) is 0 Å². The first-order chi connectivity index (χ1) is 11.6. The lowest BCUT2D eigenvalue weighted by Gasteiger charge is -2.30. The van der Waals surface area contributed by atoms with E-state index in [2.05, 4.69) is 5.43 Å². The average molecular weight is 325 g/mol. The number of rotatable bonds is 5. The van der Waals surface area contributed by atoms with Crippen molar-refractivity contribution in [3.8, 4) is 0 Å². The number of hydrazine groups is 1. The average Bonchev–Trinajstić information content (AvgIpc) is 3.10. The summed E-state index contributed by atoms with van der Waals surface area (Å²) in [6.45, 7) is 0.343. The van der Waals surface area contributed by atoms with Crippen molar-refractivity contribution in [1.82, 2.24) is 15.3 Å². The van der Waals surface area contributed by atoms with Crippen LogP contribution in [0.25, 0.3) is 5.70 Å². The number of nitrogens with zero attached hydrogens (tertiary/aromatic N) is 2. The molecule has 1 N–H and O–H groups in total. The Bertz CT molecular complexity index is 738. The van der Waals surface area contributed by atoms with Crippen LogP contribution in [0.3, 0.4) is 0 Å². The molecular weight excluding hydrogens is 306 g/mol. The Morgan fingerprint density at radius 3 is 2.75 bits per heavy atom. The van der Waals surface area contributed by atoms with Crippen molar-refractivity contribution in [2.24, 2.45) is 0 Å². The molecule has 0 spiro atoms. The number of nitrogens with one attached hydrogen (secondary N) is 1. The molecule has 24 heavy (non-hydrogen) atoms. The second kappa shape index (κ2) is 7.04. The fourth-order valence-corrected chi connectivity index (χ4v) is 2.46. The van der Waals surface area contributed by atoms with Crippen LogP contribution < -0.4 is 5.43 Å². The first kappa shape index (κ1) is 15.9. The van der Waals surface area contributed by atoms with Crippen LogP contribution in [-0.4, -0.2) is 35.3 Å². The van der Waals surface area contributed by atoms with Gasteiger partial charge in [0.2, 0.25) is 11.8 Å². The van der Waals surface area contributed by atoms with Gasteiger partial charge in [-0.25, -0.2) is 5.01 Å². The second-order valence-corrected chi connectivity index (χ2v) is 5.61. The van der Waals surface area contributed by atoms with E-state index in [0.29, 0.717) is 12.3 Å². The number of hydrogen-bond donors (Lipinski definition) is 1. The van der Waals surface area contributed by atoms with Crippen molar-refractivity contribution in [2.45, 2.75) is 13.0 Å². The Labute approximate surface area is 140 Å². The van der Waals surface area contributed by atoms with Gasteiger partial charge < -0.3 is 9.32 Å². The summed E-state index contributed by atoms with van der Waals surface area (Å²) in [7, 11) is 1.69. The zero-order chi connectivity index (χ0) is 16.9. The monoisotopic (exact) mass is 325 g/mol. The van der Waals surface area contributed by atoms with Crippen molar-refractivity contribution in [2.75, 3.05) is 13.6 Å². The predicted molar refractivity (Wildman–Crippen MR) is 89.1 cm³/mol. The summed E-state index contributed by atoms with van der Waals surface area (Å²) >= 11 is 0. The quantitative estimate of drug-likeness (QED) is 0.913. The van der Waals surface area contributed by atoms with Crippen molar-refractivity contribution < 1.29 is 14.0 Å². The zero-order valence-electron chi connectivity index (χ0n) is 13.4. The van der Waals surface area contributed by atoms with Crippen molar-refractivity contribution in [3.63, 3.8) is 0 Å². The van der Waals surface area contributed by atoms with Gasteiger partial charge in [0.05, 0.1) is 18.5 Å². The van der Waals surface area contributed by atoms with E-state index in [1.54, 1.807) is 19.4 Å². The van der Waals surface area contributed by atoms with E-state index in [1.165, 1.54) is 9.91 Å². The van der Waals surface area contributed by atoms with E-state index in [9.17, 15) is 9.59 Å². The Morgan fingerprint density at radius 2 is 2.04 bits per heavy atom. The number of benzene rings is 1. The molecule has 6 heteroatoms. The lowest BCUT2D eigenvalue weighted by molar-refractivity contribution is -0.141. The molecule has 1 aromatic carbocycles. The standard InChI is InChI=1S/C18H19N3O3/c1-20(12-15-8-5-11-24-15)18(23)13-21-17(22)10-9-16(19-21)14-6-3-2-4-7-14/h2-9,11,19H,10,12-13H2,1H3. The minimum absolute atomic E-state index is 0.0276. The third kappa shape index (κ3) is 3.65. The van der Waals surface area contributed by atoms with Gasteiger partial charge in [0, 0.05) is 13.5 Å². The van der Waals surface area contributed by atoms with Crippen LogP contribution in [0.2, 0.25) is 0 Å². The van der Waals surface area contributed by atoms with E-state index in [4.69, 9.17) is 4.42 Å². The molecule has 0 aliphatic carbocycles. The number of carbonyl (C=O) groups excluding carboxylic acids is 2. The number of carbonyl (C=O) groups is 2. The Hall–Kier alpha value is -3.02. The highest BCUT2D eigenvalue weighted by molar-refractivity contribution is 5.88. The first-order valence-corrected chi connectivity index (χ1v) is 7.72. The molecule has 0 radical (unpaired) electrons. The number of likely N-dealkylation sites (N-methyl/N-ethyl adjacent to an activating group) is 1. The molecule has 3 rings (SSSR count). The second-order valence-electron chi connectivity index (χ2n) is 5.61. The van der Waals surface area contributed by atoms with Gasteiger partial charge in [0.15, 0.2) is 0 Å². The molecule has 2 heterocycles. The zero-order valence-corrected chi connectivity index (χ0v) is 13.4. The lowest BCUT2D eigenvalue weighted by atomic mass is 10.1. The van der Waals surface area contributed by atoms with Crippen LogP contribution in [-0.2, 0) is 16.1 Å². The minimum Gasteiger partial charge on any atom is -0.467 e. The Balaban J connectivity index is 1.63. The predicted octanol–water partition coefficient (Wildman–Crippen LogP) is 2.02. The highest BCUT2D eigenvalue weighted by Crippen LogP contribution is 2.17. The van der Waals surface area contributed by atoms with Crippen LogP contribution in [0.15, 0.2) is 59.2 Å². The van der Waals surface area contributed by atoms with Crippen LogP contribution in [0, 0.1) is 0 Å². The van der Waals surface area contributed by atoms with Gasteiger partial charge in [0.1, 0.15) is 12.3 Å². The summed E-state index contributed by atoms with van der Waals surface area (Å²) in [5.74, 6) is 0.407. The Morgan fingerprint density at radius 1 is 1.25 bits per heavy atom. The van der Waals surface area contributed by atoms with Gasteiger partial charge in [-0.05, 0) is 23.8 Å². The number of furan rings is 1. The maximum atomic E-state index is 12.4. The summed E-state index contributed by atoms with van der Waals surface area (Å²) in [5, 5.41) is 1.36. The molecule has 0 saturated heterocycles. The van der Waals surface area contributed by atoms with Gasteiger partial charge in [0.25, 0.3) is 0 Å². The fraction of sp³-hybridized carbons (Fsp3) is 0.222. The van der Waals surface area contributed by atoms with E-state index >= 15 is 0 Å². The highest BCUT2D eigenvalue weighted by Gasteiger charge is 2.23. The van der Waals surface area contributed by atoms with Crippen LogP contribution in [0.4, 0.5) is 0 Å². The molecule has 0 saturated carbocycles. The maximum Gasteiger partial charge on any atom is 0.245 e. The third-order valence-electron chi connectivity index (χ3n) is 3.81. The van der Waals surface area contributed by atoms with E-state index < -0.39 is 0 Å². The fourth-order valence-electron chi connectivity index (χ4n) is 2.46. The molecule has 0 bridgehead atoms. The lowest BCUT2D eigenvalue weighted by Crippen LogP contribution is -2.49. The normalized spacial score (nSPS) is 14.1. The van der Waals surface area contributed by atoms with E-state index in [1.807, 2.05) is 42.5 Å². The molecular formula is C18H19N3O3. The molecule has 124 valence electrons. The molecule has 0 fully saturated rings. The summed E-state index contributed by atoms with van der Waals surface area (Å²) in [4.78, 5) is 26.0. The van der Waals surface area contributed by atoms with Gasteiger partial charge in [-0.15, -0.1) is 0 Å². The summed E-state index contributed by atoms with van der Waals surface area (Å²) in [5.41, 5.74) is 4.85. The van der Waals surface area contributed by atoms with Crippen molar-refractivity contribution in [3.05, 3.63) is 66.1 Å². The third-order valence-corrected chi connectivity index (χ3v) is 3.81. The van der Waals surface area contributed by atoms with Crippen molar-refractivity contribution >= 4 is 17.5 Å².